The zero-order valence-corrected chi connectivity index (χ0v) is 11.7. The van der Waals surface area contributed by atoms with E-state index in [0.717, 1.165) is 18.0 Å². The third-order valence-electron chi connectivity index (χ3n) is 3.90. The molecule has 0 aliphatic carbocycles. The molecule has 1 aliphatic rings. The van der Waals surface area contributed by atoms with Gasteiger partial charge in [0.15, 0.2) is 0 Å². The summed E-state index contributed by atoms with van der Waals surface area (Å²) < 4.78 is 0. The van der Waals surface area contributed by atoms with Gasteiger partial charge in [0.2, 0.25) is 0 Å². The fraction of sp³-hybridized carbons (Fsp3) is 0.714. The first kappa shape index (κ1) is 13.1. The van der Waals surface area contributed by atoms with E-state index in [4.69, 9.17) is 0 Å². The van der Waals surface area contributed by atoms with E-state index in [1.165, 1.54) is 25.7 Å². The first-order valence-corrected chi connectivity index (χ1v) is 7.47. The number of thiophene rings is 1. The Bertz CT molecular complexity index is 326. The SMILES string of the molecule is CC(C)(C(O)c1cccs1)N1CCCCCC1. The topological polar surface area (TPSA) is 23.5 Å². The van der Waals surface area contributed by atoms with E-state index >= 15 is 0 Å². The molecule has 2 rings (SSSR count). The zero-order chi connectivity index (χ0) is 12.3. The highest BCUT2D eigenvalue weighted by molar-refractivity contribution is 7.10. The molecule has 1 saturated heterocycles. The summed E-state index contributed by atoms with van der Waals surface area (Å²) in [6, 6.07) is 4.05. The predicted octanol–water partition coefficient (Wildman–Crippen LogP) is 3.44. The van der Waals surface area contributed by atoms with Crippen molar-refractivity contribution in [2.24, 2.45) is 0 Å². The van der Waals surface area contributed by atoms with Crippen molar-refractivity contribution in [2.75, 3.05) is 13.1 Å². The van der Waals surface area contributed by atoms with Gasteiger partial charge < -0.3 is 5.11 Å². The van der Waals surface area contributed by atoms with E-state index in [9.17, 15) is 5.11 Å². The van der Waals surface area contributed by atoms with Gasteiger partial charge in [-0.1, -0.05) is 18.9 Å². The number of hydrogen-bond acceptors (Lipinski definition) is 3. The second kappa shape index (κ2) is 5.51. The van der Waals surface area contributed by atoms with Crippen molar-refractivity contribution in [2.45, 2.75) is 51.2 Å². The van der Waals surface area contributed by atoms with Gasteiger partial charge in [-0.25, -0.2) is 0 Å². The van der Waals surface area contributed by atoms with Crippen LogP contribution in [0.1, 0.15) is 50.5 Å². The monoisotopic (exact) mass is 253 g/mol. The number of rotatable bonds is 3. The molecule has 0 spiro atoms. The Hall–Kier alpha value is -0.380. The number of hydrogen-bond donors (Lipinski definition) is 1. The molecule has 17 heavy (non-hydrogen) atoms. The first-order chi connectivity index (χ1) is 8.12. The quantitative estimate of drug-likeness (QED) is 0.892. The average Bonchev–Trinajstić information content (AvgIpc) is 2.69. The molecule has 0 bridgehead atoms. The predicted molar refractivity (Wildman–Crippen MR) is 73.4 cm³/mol. The van der Waals surface area contributed by atoms with Crippen molar-refractivity contribution in [1.82, 2.24) is 4.90 Å². The number of aliphatic hydroxyl groups excluding tert-OH is 1. The molecule has 0 aromatic carbocycles. The summed E-state index contributed by atoms with van der Waals surface area (Å²) in [6.07, 6.45) is 4.82. The van der Waals surface area contributed by atoms with Crippen LogP contribution < -0.4 is 0 Å². The van der Waals surface area contributed by atoms with Crippen molar-refractivity contribution in [3.05, 3.63) is 22.4 Å². The second-order valence-electron chi connectivity index (χ2n) is 5.47. The van der Waals surface area contributed by atoms with Crippen LogP contribution in [0.15, 0.2) is 17.5 Å². The fourth-order valence-electron chi connectivity index (χ4n) is 2.61. The van der Waals surface area contributed by atoms with Gasteiger partial charge in [-0.3, -0.25) is 4.90 Å². The van der Waals surface area contributed by atoms with Crippen LogP contribution in [0, 0.1) is 0 Å². The van der Waals surface area contributed by atoms with Crippen molar-refractivity contribution in [3.8, 4) is 0 Å². The van der Waals surface area contributed by atoms with Gasteiger partial charge in [0.25, 0.3) is 0 Å². The van der Waals surface area contributed by atoms with Gasteiger partial charge in [0.1, 0.15) is 6.10 Å². The maximum absolute atomic E-state index is 10.6. The molecule has 1 fully saturated rings. The Morgan fingerprint density at radius 2 is 1.88 bits per heavy atom. The van der Waals surface area contributed by atoms with Crippen LogP contribution in [0.5, 0.6) is 0 Å². The summed E-state index contributed by atoms with van der Waals surface area (Å²) in [5, 5.41) is 12.6. The van der Waals surface area contributed by atoms with Gasteiger partial charge in [-0.05, 0) is 51.2 Å². The van der Waals surface area contributed by atoms with E-state index < -0.39 is 0 Å². The van der Waals surface area contributed by atoms with Crippen LogP contribution in [-0.2, 0) is 0 Å². The molecule has 3 heteroatoms. The summed E-state index contributed by atoms with van der Waals surface area (Å²) >= 11 is 1.65. The third kappa shape index (κ3) is 2.90. The van der Waals surface area contributed by atoms with Gasteiger partial charge in [0, 0.05) is 10.4 Å². The molecule has 0 radical (unpaired) electrons. The molecule has 96 valence electrons. The lowest BCUT2D eigenvalue weighted by Crippen LogP contribution is -2.48. The Balaban J connectivity index is 2.10. The average molecular weight is 253 g/mol. The maximum atomic E-state index is 10.6. The standard InChI is InChI=1S/C14H23NOS/c1-14(2,13(16)12-8-7-11-17-12)15-9-5-3-4-6-10-15/h7-8,11,13,16H,3-6,9-10H2,1-2H3. The van der Waals surface area contributed by atoms with Crippen LogP contribution in [0.25, 0.3) is 0 Å². The Morgan fingerprint density at radius 3 is 2.41 bits per heavy atom. The fourth-order valence-corrected chi connectivity index (χ4v) is 3.50. The van der Waals surface area contributed by atoms with Crippen molar-refractivity contribution >= 4 is 11.3 Å². The third-order valence-corrected chi connectivity index (χ3v) is 4.83. The van der Waals surface area contributed by atoms with E-state index in [1.807, 2.05) is 17.5 Å². The molecule has 2 nitrogen and oxygen atoms in total. The zero-order valence-electron chi connectivity index (χ0n) is 10.9. The Morgan fingerprint density at radius 1 is 1.24 bits per heavy atom. The lowest BCUT2D eigenvalue weighted by molar-refractivity contribution is -0.00802. The minimum absolute atomic E-state index is 0.158. The van der Waals surface area contributed by atoms with Crippen molar-refractivity contribution < 1.29 is 5.11 Å². The normalized spacial score (nSPS) is 21.1. The Kier molecular flexibility index (Phi) is 4.23. The second-order valence-corrected chi connectivity index (χ2v) is 6.45. The summed E-state index contributed by atoms with van der Waals surface area (Å²) in [5.74, 6) is 0. The van der Waals surface area contributed by atoms with Crippen LogP contribution in [0.4, 0.5) is 0 Å². The van der Waals surface area contributed by atoms with Crippen molar-refractivity contribution in [3.63, 3.8) is 0 Å². The first-order valence-electron chi connectivity index (χ1n) is 6.59. The largest absolute Gasteiger partial charge is 0.386 e. The van der Waals surface area contributed by atoms with E-state index in [2.05, 4.69) is 18.7 Å². The Labute approximate surface area is 108 Å². The minimum atomic E-state index is -0.374. The highest BCUT2D eigenvalue weighted by atomic mass is 32.1. The minimum Gasteiger partial charge on any atom is -0.386 e. The summed E-state index contributed by atoms with van der Waals surface area (Å²) in [5.41, 5.74) is -0.158. The molecule has 1 atom stereocenters. The molecule has 1 unspecified atom stereocenters. The lowest BCUT2D eigenvalue weighted by atomic mass is 9.93. The van der Waals surface area contributed by atoms with E-state index in [0.29, 0.717) is 0 Å². The van der Waals surface area contributed by atoms with Gasteiger partial charge in [0.05, 0.1) is 0 Å². The van der Waals surface area contributed by atoms with Crippen LogP contribution in [-0.4, -0.2) is 28.6 Å². The smallest absolute Gasteiger partial charge is 0.106 e. The molecule has 1 aromatic heterocycles. The van der Waals surface area contributed by atoms with Crippen molar-refractivity contribution in [1.29, 1.82) is 0 Å². The van der Waals surface area contributed by atoms with Gasteiger partial charge >= 0.3 is 0 Å². The molecular weight excluding hydrogens is 230 g/mol. The van der Waals surface area contributed by atoms with Gasteiger partial charge in [-0.15, -0.1) is 11.3 Å². The molecule has 1 N–H and O–H groups in total. The maximum Gasteiger partial charge on any atom is 0.106 e. The molecule has 1 aliphatic heterocycles. The molecule has 1 aromatic rings. The number of nitrogens with zero attached hydrogens (tertiary/aromatic N) is 1. The number of likely N-dealkylation sites (tertiary alicyclic amines) is 1. The molecule has 0 amide bonds. The molecule has 2 heterocycles. The summed E-state index contributed by atoms with van der Waals surface area (Å²) in [4.78, 5) is 3.55. The molecule has 0 saturated carbocycles. The lowest BCUT2D eigenvalue weighted by Gasteiger charge is -2.41. The van der Waals surface area contributed by atoms with E-state index in [-0.39, 0.29) is 11.6 Å². The summed E-state index contributed by atoms with van der Waals surface area (Å²) in [6.45, 7) is 6.58. The number of aliphatic hydroxyl groups is 1. The van der Waals surface area contributed by atoms with Crippen LogP contribution >= 0.6 is 11.3 Å². The van der Waals surface area contributed by atoms with Crippen LogP contribution in [0.3, 0.4) is 0 Å². The highest BCUT2D eigenvalue weighted by Gasteiger charge is 2.35. The van der Waals surface area contributed by atoms with E-state index in [1.54, 1.807) is 11.3 Å². The highest BCUT2D eigenvalue weighted by Crippen LogP contribution is 2.34. The summed E-state index contributed by atoms with van der Waals surface area (Å²) in [7, 11) is 0. The molecular formula is C14H23NOS. The van der Waals surface area contributed by atoms with Gasteiger partial charge in [-0.2, -0.15) is 0 Å². The van der Waals surface area contributed by atoms with Crippen LogP contribution in [0.2, 0.25) is 0 Å².